The maximum atomic E-state index is 5.67. The fourth-order valence-electron chi connectivity index (χ4n) is 2.17. The second-order valence-electron chi connectivity index (χ2n) is 4.08. The third-order valence-corrected chi connectivity index (χ3v) is 3.91. The minimum absolute atomic E-state index is 0.487. The molecule has 15 heavy (non-hydrogen) atoms. The Hall–Kier alpha value is -0.380. The predicted molar refractivity (Wildman–Crippen MR) is 64.2 cm³/mol. The molecule has 0 aliphatic carbocycles. The minimum atomic E-state index is 0.487. The lowest BCUT2D eigenvalue weighted by Gasteiger charge is -2.16. The summed E-state index contributed by atoms with van der Waals surface area (Å²) in [5.41, 5.74) is 0. The summed E-state index contributed by atoms with van der Waals surface area (Å²) in [5, 5.41) is 5.65. The fourth-order valence-corrected chi connectivity index (χ4v) is 2.85. The fraction of sp³-hybridized carbons (Fsp3) is 0.667. The van der Waals surface area contributed by atoms with Crippen LogP contribution in [0.4, 0.5) is 0 Å². The lowest BCUT2D eigenvalue weighted by Crippen LogP contribution is -2.27. The van der Waals surface area contributed by atoms with E-state index in [-0.39, 0.29) is 0 Å². The standard InChI is InChI=1S/C12H19NOS/c1-2-12-10(5-6-14-12)8-13-9-11-4-3-7-15-11/h3-4,7,10,12-13H,2,5-6,8-9H2,1H3. The Kier molecular flexibility index (Phi) is 4.18. The number of rotatable bonds is 5. The van der Waals surface area contributed by atoms with E-state index >= 15 is 0 Å². The van der Waals surface area contributed by atoms with Gasteiger partial charge in [-0.25, -0.2) is 0 Å². The highest BCUT2D eigenvalue weighted by Crippen LogP contribution is 2.22. The summed E-state index contributed by atoms with van der Waals surface area (Å²) >= 11 is 1.82. The molecule has 1 aliphatic rings. The van der Waals surface area contributed by atoms with Gasteiger partial charge in [0.2, 0.25) is 0 Å². The molecular formula is C12H19NOS. The average molecular weight is 225 g/mol. The molecule has 0 aromatic carbocycles. The molecule has 1 aromatic heterocycles. The van der Waals surface area contributed by atoms with Crippen LogP contribution in [0.25, 0.3) is 0 Å². The maximum absolute atomic E-state index is 5.67. The largest absolute Gasteiger partial charge is 0.378 e. The maximum Gasteiger partial charge on any atom is 0.0613 e. The summed E-state index contributed by atoms with van der Waals surface area (Å²) in [4.78, 5) is 1.42. The van der Waals surface area contributed by atoms with Gasteiger partial charge in [0, 0.05) is 24.6 Å². The van der Waals surface area contributed by atoms with E-state index in [9.17, 15) is 0 Å². The molecule has 1 N–H and O–H groups in total. The molecule has 1 aromatic rings. The quantitative estimate of drug-likeness (QED) is 0.832. The first-order valence-electron chi connectivity index (χ1n) is 5.75. The zero-order valence-corrected chi connectivity index (χ0v) is 10.1. The molecule has 0 radical (unpaired) electrons. The Morgan fingerprint density at radius 3 is 3.27 bits per heavy atom. The van der Waals surface area contributed by atoms with Crippen LogP contribution >= 0.6 is 11.3 Å². The van der Waals surface area contributed by atoms with Crippen molar-refractivity contribution < 1.29 is 4.74 Å². The summed E-state index contributed by atoms with van der Waals surface area (Å²) in [6.45, 7) is 5.26. The smallest absolute Gasteiger partial charge is 0.0613 e. The van der Waals surface area contributed by atoms with E-state index in [1.807, 2.05) is 11.3 Å². The molecular weight excluding hydrogens is 206 g/mol. The molecule has 1 fully saturated rings. The molecule has 0 bridgehead atoms. The highest BCUT2D eigenvalue weighted by molar-refractivity contribution is 7.09. The first kappa shape index (κ1) is 11.1. The number of hydrogen-bond donors (Lipinski definition) is 1. The summed E-state index contributed by atoms with van der Waals surface area (Å²) in [7, 11) is 0. The first-order chi connectivity index (χ1) is 7.40. The second kappa shape index (κ2) is 5.64. The van der Waals surface area contributed by atoms with Crippen LogP contribution in [-0.4, -0.2) is 19.3 Å². The lowest BCUT2D eigenvalue weighted by molar-refractivity contribution is 0.0872. The molecule has 1 aliphatic heterocycles. The van der Waals surface area contributed by atoms with Gasteiger partial charge in [-0.05, 0) is 30.2 Å². The van der Waals surface area contributed by atoms with E-state index in [0.717, 1.165) is 32.0 Å². The Morgan fingerprint density at radius 1 is 1.60 bits per heavy atom. The second-order valence-corrected chi connectivity index (χ2v) is 5.11. The molecule has 2 nitrogen and oxygen atoms in total. The van der Waals surface area contributed by atoms with Gasteiger partial charge in [0.25, 0.3) is 0 Å². The van der Waals surface area contributed by atoms with Crippen molar-refractivity contribution in [1.29, 1.82) is 0 Å². The molecule has 0 amide bonds. The summed E-state index contributed by atoms with van der Waals surface area (Å²) in [6, 6.07) is 4.29. The summed E-state index contributed by atoms with van der Waals surface area (Å²) in [5.74, 6) is 0.718. The first-order valence-corrected chi connectivity index (χ1v) is 6.63. The zero-order chi connectivity index (χ0) is 10.5. The molecule has 0 spiro atoms. The van der Waals surface area contributed by atoms with Crippen molar-refractivity contribution in [3.63, 3.8) is 0 Å². The molecule has 2 unspecified atom stereocenters. The van der Waals surface area contributed by atoms with Crippen molar-refractivity contribution in [3.8, 4) is 0 Å². The SMILES string of the molecule is CCC1OCCC1CNCc1cccs1. The lowest BCUT2D eigenvalue weighted by atomic mass is 10.00. The van der Waals surface area contributed by atoms with Crippen LogP contribution in [0.3, 0.4) is 0 Å². The monoisotopic (exact) mass is 225 g/mol. The van der Waals surface area contributed by atoms with Crippen molar-refractivity contribution in [2.24, 2.45) is 5.92 Å². The third-order valence-electron chi connectivity index (χ3n) is 3.03. The Morgan fingerprint density at radius 2 is 2.53 bits per heavy atom. The topological polar surface area (TPSA) is 21.3 Å². The van der Waals surface area contributed by atoms with Gasteiger partial charge in [-0.3, -0.25) is 0 Å². The van der Waals surface area contributed by atoms with Gasteiger partial charge in [0.15, 0.2) is 0 Å². The molecule has 84 valence electrons. The van der Waals surface area contributed by atoms with Crippen LogP contribution in [-0.2, 0) is 11.3 Å². The van der Waals surface area contributed by atoms with Crippen LogP contribution in [0.2, 0.25) is 0 Å². The normalized spacial score (nSPS) is 25.9. The molecule has 0 saturated carbocycles. The van der Waals surface area contributed by atoms with Gasteiger partial charge in [-0.1, -0.05) is 13.0 Å². The Bertz CT molecular complexity index is 273. The number of ether oxygens (including phenoxy) is 1. The van der Waals surface area contributed by atoms with Crippen LogP contribution in [0.15, 0.2) is 17.5 Å². The summed E-state index contributed by atoms with van der Waals surface area (Å²) in [6.07, 6.45) is 2.85. The molecule has 2 heterocycles. The molecule has 3 heteroatoms. The number of hydrogen-bond acceptors (Lipinski definition) is 3. The van der Waals surface area contributed by atoms with Crippen LogP contribution in [0, 0.1) is 5.92 Å². The molecule has 1 saturated heterocycles. The van der Waals surface area contributed by atoms with Gasteiger partial charge in [0.05, 0.1) is 6.10 Å². The van der Waals surface area contributed by atoms with Gasteiger partial charge in [0.1, 0.15) is 0 Å². The van der Waals surface area contributed by atoms with E-state index in [0.29, 0.717) is 6.10 Å². The van der Waals surface area contributed by atoms with E-state index in [1.165, 1.54) is 11.3 Å². The molecule has 2 atom stereocenters. The average Bonchev–Trinajstić information content (AvgIpc) is 2.88. The predicted octanol–water partition coefficient (Wildman–Crippen LogP) is 2.65. The van der Waals surface area contributed by atoms with Gasteiger partial charge in [-0.2, -0.15) is 0 Å². The van der Waals surface area contributed by atoms with Crippen molar-refractivity contribution >= 4 is 11.3 Å². The van der Waals surface area contributed by atoms with E-state index in [1.54, 1.807) is 0 Å². The highest BCUT2D eigenvalue weighted by Gasteiger charge is 2.25. The van der Waals surface area contributed by atoms with Crippen molar-refractivity contribution in [1.82, 2.24) is 5.32 Å². The Balaban J connectivity index is 1.69. The highest BCUT2D eigenvalue weighted by atomic mass is 32.1. The van der Waals surface area contributed by atoms with Crippen molar-refractivity contribution in [3.05, 3.63) is 22.4 Å². The van der Waals surface area contributed by atoms with E-state index < -0.39 is 0 Å². The van der Waals surface area contributed by atoms with E-state index in [4.69, 9.17) is 4.74 Å². The third kappa shape index (κ3) is 3.03. The van der Waals surface area contributed by atoms with Crippen LogP contribution < -0.4 is 5.32 Å². The van der Waals surface area contributed by atoms with Gasteiger partial charge >= 0.3 is 0 Å². The van der Waals surface area contributed by atoms with Crippen molar-refractivity contribution in [2.75, 3.05) is 13.2 Å². The summed E-state index contributed by atoms with van der Waals surface area (Å²) < 4.78 is 5.67. The molecule has 2 rings (SSSR count). The number of thiophene rings is 1. The number of nitrogens with one attached hydrogen (secondary N) is 1. The van der Waals surface area contributed by atoms with Crippen LogP contribution in [0.1, 0.15) is 24.6 Å². The zero-order valence-electron chi connectivity index (χ0n) is 9.24. The van der Waals surface area contributed by atoms with Crippen molar-refractivity contribution in [2.45, 2.75) is 32.4 Å². The minimum Gasteiger partial charge on any atom is -0.378 e. The van der Waals surface area contributed by atoms with E-state index in [2.05, 4.69) is 29.8 Å². The van der Waals surface area contributed by atoms with Crippen LogP contribution in [0.5, 0.6) is 0 Å². The van der Waals surface area contributed by atoms with Gasteiger partial charge in [-0.15, -0.1) is 11.3 Å². The Labute approximate surface area is 95.6 Å². The van der Waals surface area contributed by atoms with Gasteiger partial charge < -0.3 is 10.1 Å².